The molecular weight excluding hydrogens is 274 g/mol. The lowest BCUT2D eigenvalue weighted by Crippen LogP contribution is -2.39. The molecule has 0 atom stereocenters. The smallest absolute Gasteiger partial charge is 0.414 e. The summed E-state index contributed by atoms with van der Waals surface area (Å²) in [6.07, 6.45) is 6.08. The van der Waals surface area contributed by atoms with Crippen LogP contribution in [0.1, 0.15) is 52.2 Å². The fourth-order valence-electron chi connectivity index (χ4n) is 2.53. The van der Waals surface area contributed by atoms with Crippen LogP contribution < -0.4 is 4.90 Å². The number of carbonyl (C=O) groups excluding carboxylic acids is 1. The zero-order chi connectivity index (χ0) is 16.3. The predicted molar refractivity (Wildman–Crippen MR) is 92.2 cm³/mol. The summed E-state index contributed by atoms with van der Waals surface area (Å²) >= 11 is 0. The average molecular weight is 301 g/mol. The van der Waals surface area contributed by atoms with Gasteiger partial charge in [-0.05, 0) is 62.8 Å². The van der Waals surface area contributed by atoms with Crippen molar-refractivity contribution in [2.45, 2.75) is 53.1 Å². The quantitative estimate of drug-likeness (QED) is 0.765. The number of rotatable bonds is 2. The first-order chi connectivity index (χ1) is 10.3. The molecule has 0 spiro atoms. The lowest BCUT2D eigenvalue weighted by Gasteiger charge is -2.31. The number of hydrogen-bond donors (Lipinski definition) is 0. The summed E-state index contributed by atoms with van der Waals surface area (Å²) in [5.41, 5.74) is 2.94. The normalized spacial score (nSPS) is 15.3. The van der Waals surface area contributed by atoms with Crippen LogP contribution in [-0.2, 0) is 11.2 Å². The number of aryl methyl sites for hydroxylation is 1. The number of ether oxygens (including phenoxy) is 1. The largest absolute Gasteiger partial charge is 0.443 e. The van der Waals surface area contributed by atoms with E-state index in [1.165, 1.54) is 11.1 Å². The first kappa shape index (κ1) is 16.6. The molecule has 0 bridgehead atoms. The Balaban J connectivity index is 2.22. The molecule has 1 aliphatic rings. The van der Waals surface area contributed by atoms with Crippen molar-refractivity contribution >= 4 is 17.9 Å². The van der Waals surface area contributed by atoms with E-state index in [4.69, 9.17) is 4.74 Å². The van der Waals surface area contributed by atoms with E-state index in [2.05, 4.69) is 38.1 Å². The number of allylic oxidation sites excluding steroid dienone is 1. The second kappa shape index (κ2) is 6.55. The summed E-state index contributed by atoms with van der Waals surface area (Å²) in [5, 5.41) is 0. The van der Waals surface area contributed by atoms with E-state index < -0.39 is 5.60 Å². The van der Waals surface area contributed by atoms with Crippen LogP contribution >= 0.6 is 0 Å². The van der Waals surface area contributed by atoms with Crippen molar-refractivity contribution in [3.05, 3.63) is 35.4 Å². The third-order valence-electron chi connectivity index (χ3n) is 3.51. The number of hydrogen-bond acceptors (Lipinski definition) is 2. The van der Waals surface area contributed by atoms with Crippen LogP contribution in [0.15, 0.2) is 24.3 Å². The van der Waals surface area contributed by atoms with Gasteiger partial charge in [0.25, 0.3) is 0 Å². The molecule has 0 unspecified atom stereocenters. The maximum atomic E-state index is 12.4. The molecule has 0 aliphatic carbocycles. The molecule has 0 aromatic heterocycles. The van der Waals surface area contributed by atoms with Gasteiger partial charge in [0.05, 0.1) is 5.69 Å². The molecule has 1 aromatic rings. The van der Waals surface area contributed by atoms with E-state index in [0.29, 0.717) is 5.92 Å². The molecular formula is C19H27NO2. The van der Waals surface area contributed by atoms with Gasteiger partial charge in [-0.2, -0.15) is 0 Å². The zero-order valence-electron chi connectivity index (χ0n) is 14.3. The average Bonchev–Trinajstić information content (AvgIpc) is 2.42. The van der Waals surface area contributed by atoms with Gasteiger partial charge in [-0.15, -0.1) is 0 Å². The van der Waals surface area contributed by atoms with Crippen molar-refractivity contribution in [2.24, 2.45) is 5.92 Å². The van der Waals surface area contributed by atoms with Gasteiger partial charge in [0.2, 0.25) is 0 Å². The van der Waals surface area contributed by atoms with Crippen LogP contribution in [0.5, 0.6) is 0 Å². The van der Waals surface area contributed by atoms with Crippen molar-refractivity contribution in [3.8, 4) is 0 Å². The molecule has 3 nitrogen and oxygen atoms in total. The standard InChI is InChI=1S/C19H27NO2/c1-14(2)8-9-15-10-11-17-16(13-15)7-6-12-20(17)18(21)22-19(3,4)5/h8-11,13-14H,6-7,12H2,1-5H3. The second-order valence-corrected chi connectivity index (χ2v) is 7.23. The summed E-state index contributed by atoms with van der Waals surface area (Å²) in [6, 6.07) is 6.30. The number of fused-ring (bicyclic) bond motifs is 1. The lowest BCUT2D eigenvalue weighted by molar-refractivity contribution is 0.0578. The Morgan fingerprint density at radius 3 is 2.68 bits per heavy atom. The Morgan fingerprint density at radius 2 is 2.05 bits per heavy atom. The van der Waals surface area contributed by atoms with Gasteiger partial charge in [0.15, 0.2) is 0 Å². The summed E-state index contributed by atoms with van der Waals surface area (Å²) in [7, 11) is 0. The summed E-state index contributed by atoms with van der Waals surface area (Å²) < 4.78 is 5.52. The van der Waals surface area contributed by atoms with Crippen LogP contribution in [-0.4, -0.2) is 18.2 Å². The topological polar surface area (TPSA) is 29.5 Å². The third kappa shape index (κ3) is 4.36. The highest BCUT2D eigenvalue weighted by Crippen LogP contribution is 2.30. The minimum Gasteiger partial charge on any atom is -0.443 e. The van der Waals surface area contributed by atoms with E-state index in [-0.39, 0.29) is 6.09 Å². The molecule has 2 rings (SSSR count). The van der Waals surface area contributed by atoms with Gasteiger partial charge in [0.1, 0.15) is 5.60 Å². The van der Waals surface area contributed by atoms with Gasteiger partial charge in [-0.3, -0.25) is 4.90 Å². The highest BCUT2D eigenvalue weighted by molar-refractivity contribution is 5.89. The molecule has 0 radical (unpaired) electrons. The maximum Gasteiger partial charge on any atom is 0.414 e. The minimum absolute atomic E-state index is 0.251. The molecule has 1 aromatic carbocycles. The first-order valence-electron chi connectivity index (χ1n) is 8.08. The molecule has 0 saturated heterocycles. The lowest BCUT2D eigenvalue weighted by atomic mass is 9.99. The fourth-order valence-corrected chi connectivity index (χ4v) is 2.53. The van der Waals surface area contributed by atoms with E-state index in [0.717, 1.165) is 25.1 Å². The van der Waals surface area contributed by atoms with Gasteiger partial charge < -0.3 is 4.74 Å². The Bertz CT molecular complexity index is 567. The van der Waals surface area contributed by atoms with E-state index in [9.17, 15) is 4.79 Å². The fraction of sp³-hybridized carbons (Fsp3) is 0.526. The minimum atomic E-state index is -0.464. The molecule has 3 heteroatoms. The molecule has 0 N–H and O–H groups in total. The highest BCUT2D eigenvalue weighted by atomic mass is 16.6. The summed E-state index contributed by atoms with van der Waals surface area (Å²) in [5.74, 6) is 0.536. The van der Waals surface area contributed by atoms with Crippen molar-refractivity contribution < 1.29 is 9.53 Å². The van der Waals surface area contributed by atoms with Crippen LogP contribution in [0.4, 0.5) is 10.5 Å². The number of amides is 1. The Labute approximate surface area is 134 Å². The third-order valence-corrected chi connectivity index (χ3v) is 3.51. The molecule has 0 saturated carbocycles. The molecule has 1 heterocycles. The zero-order valence-corrected chi connectivity index (χ0v) is 14.3. The van der Waals surface area contributed by atoms with E-state index in [1.54, 1.807) is 4.90 Å². The Morgan fingerprint density at radius 1 is 1.32 bits per heavy atom. The number of carbonyl (C=O) groups is 1. The molecule has 120 valence electrons. The van der Waals surface area contributed by atoms with Crippen molar-refractivity contribution in [1.29, 1.82) is 0 Å². The first-order valence-corrected chi connectivity index (χ1v) is 8.08. The van der Waals surface area contributed by atoms with Crippen LogP contribution in [0.2, 0.25) is 0 Å². The van der Waals surface area contributed by atoms with Crippen molar-refractivity contribution in [3.63, 3.8) is 0 Å². The molecule has 1 aliphatic heterocycles. The number of anilines is 1. The Hall–Kier alpha value is -1.77. The van der Waals surface area contributed by atoms with Gasteiger partial charge in [0, 0.05) is 6.54 Å². The molecule has 1 amide bonds. The SMILES string of the molecule is CC(C)C=Cc1ccc2c(c1)CCCN2C(=O)OC(C)(C)C. The van der Waals surface area contributed by atoms with Crippen LogP contribution in [0.3, 0.4) is 0 Å². The molecule has 22 heavy (non-hydrogen) atoms. The van der Waals surface area contributed by atoms with Gasteiger partial charge in [-0.1, -0.05) is 32.1 Å². The van der Waals surface area contributed by atoms with E-state index >= 15 is 0 Å². The second-order valence-electron chi connectivity index (χ2n) is 7.23. The molecule has 0 fully saturated rings. The van der Waals surface area contributed by atoms with Crippen molar-refractivity contribution in [1.82, 2.24) is 0 Å². The summed E-state index contributed by atoms with van der Waals surface area (Å²) in [4.78, 5) is 14.1. The van der Waals surface area contributed by atoms with Gasteiger partial charge >= 0.3 is 6.09 Å². The van der Waals surface area contributed by atoms with Crippen molar-refractivity contribution in [2.75, 3.05) is 11.4 Å². The highest BCUT2D eigenvalue weighted by Gasteiger charge is 2.27. The maximum absolute atomic E-state index is 12.4. The van der Waals surface area contributed by atoms with E-state index in [1.807, 2.05) is 26.8 Å². The van der Waals surface area contributed by atoms with Crippen LogP contribution in [0.25, 0.3) is 6.08 Å². The predicted octanol–water partition coefficient (Wildman–Crippen LogP) is 5.04. The number of benzene rings is 1. The number of nitrogens with zero attached hydrogens (tertiary/aromatic N) is 1. The Kier molecular flexibility index (Phi) is 4.94. The van der Waals surface area contributed by atoms with Gasteiger partial charge in [-0.25, -0.2) is 4.79 Å². The summed E-state index contributed by atoms with van der Waals surface area (Å²) in [6.45, 7) is 10.8. The van der Waals surface area contributed by atoms with Crippen LogP contribution in [0, 0.1) is 5.92 Å². The monoisotopic (exact) mass is 301 g/mol.